The van der Waals surface area contributed by atoms with Crippen molar-refractivity contribution in [3.05, 3.63) is 12.4 Å². The van der Waals surface area contributed by atoms with Gasteiger partial charge in [0.15, 0.2) is 0 Å². The molecule has 5 nitrogen and oxygen atoms in total. The number of carbonyl (C=O) groups is 1. The number of ether oxygens (including phenoxy) is 1. The van der Waals surface area contributed by atoms with Crippen LogP contribution in [0.15, 0.2) is 12.4 Å². The molecule has 0 saturated carbocycles. The van der Waals surface area contributed by atoms with Crippen LogP contribution in [0.2, 0.25) is 0 Å². The second kappa shape index (κ2) is 7.30. The van der Waals surface area contributed by atoms with Gasteiger partial charge in [-0.25, -0.2) is 4.79 Å². The number of nitrogens with one attached hydrogen (secondary N) is 1. The van der Waals surface area contributed by atoms with Crippen LogP contribution in [0.3, 0.4) is 0 Å². The van der Waals surface area contributed by atoms with Crippen molar-refractivity contribution in [3.8, 4) is 0 Å². The molecule has 1 N–H and O–H groups in total. The van der Waals surface area contributed by atoms with E-state index >= 15 is 0 Å². The first-order chi connectivity index (χ1) is 8.49. The van der Waals surface area contributed by atoms with Crippen LogP contribution < -0.4 is 56.7 Å². The normalized spacial score (nSPS) is 13.3. The summed E-state index contributed by atoms with van der Waals surface area (Å²) in [6.45, 7) is 1.03. The fourth-order valence-corrected chi connectivity index (χ4v) is 1.22. The number of aromatic nitrogens is 2. The van der Waals surface area contributed by atoms with E-state index in [1.54, 1.807) is 20.8 Å². The minimum Gasteiger partial charge on any atom is -0.448 e. The zero-order valence-corrected chi connectivity index (χ0v) is 15.3. The molecular weight excluding hydrogens is 301 g/mol. The Labute approximate surface area is 158 Å². The van der Waals surface area contributed by atoms with Gasteiger partial charge in [-0.05, 0) is 20.8 Å². The summed E-state index contributed by atoms with van der Waals surface area (Å²) in [6.07, 6.45) is 1.52. The number of hydrogen-bond acceptors (Lipinski definition) is 3. The maximum Gasteiger partial charge on any atom is 1.00 e. The van der Waals surface area contributed by atoms with E-state index in [1.807, 2.05) is 0 Å². The standard InChI is InChI=1S/C10H16BF3N3O2.K/c1-7(11(12,13)14)17-6-8(5-15-17)16-9(18)19-10(2,3)4;/h5-7H,1-4H3,(H,16,18);/q-1;+1. The molecule has 0 aliphatic heterocycles. The molecule has 1 heterocycles. The number of hydrogen-bond donors (Lipinski definition) is 1. The van der Waals surface area contributed by atoms with Crippen LogP contribution in [-0.4, -0.2) is 28.5 Å². The second-order valence-corrected chi connectivity index (χ2v) is 5.20. The molecule has 1 amide bonds. The third-order valence-electron chi connectivity index (χ3n) is 2.21. The number of halogens is 3. The van der Waals surface area contributed by atoms with Crippen molar-refractivity contribution in [3.63, 3.8) is 0 Å². The van der Waals surface area contributed by atoms with Crippen LogP contribution in [0.25, 0.3) is 0 Å². The molecule has 10 heteroatoms. The first-order valence-corrected chi connectivity index (χ1v) is 5.73. The van der Waals surface area contributed by atoms with E-state index in [-0.39, 0.29) is 57.1 Å². The average molecular weight is 317 g/mol. The summed E-state index contributed by atoms with van der Waals surface area (Å²) in [6, 6.07) is 0. The summed E-state index contributed by atoms with van der Waals surface area (Å²) in [7, 11) is 0. The Morgan fingerprint density at radius 2 is 2.00 bits per heavy atom. The van der Waals surface area contributed by atoms with Gasteiger partial charge < -0.3 is 17.7 Å². The summed E-state index contributed by atoms with van der Waals surface area (Å²) in [5.74, 6) is -1.70. The van der Waals surface area contributed by atoms with Gasteiger partial charge in [-0.2, -0.15) is 5.10 Å². The van der Waals surface area contributed by atoms with Gasteiger partial charge in [0.25, 0.3) is 0 Å². The van der Waals surface area contributed by atoms with Gasteiger partial charge in [-0.15, -0.1) is 0 Å². The molecule has 0 radical (unpaired) electrons. The van der Waals surface area contributed by atoms with E-state index in [2.05, 4.69) is 10.4 Å². The van der Waals surface area contributed by atoms with Crippen molar-refractivity contribution < 1.29 is 73.9 Å². The Bertz CT molecular complexity index is 459. The maximum atomic E-state index is 12.5. The van der Waals surface area contributed by atoms with Crippen molar-refractivity contribution in [2.24, 2.45) is 0 Å². The first kappa shape index (κ1) is 20.0. The molecule has 1 unspecified atom stereocenters. The molecule has 0 aliphatic rings. The summed E-state index contributed by atoms with van der Waals surface area (Å²) >= 11 is 0. The molecule has 1 aromatic heterocycles. The van der Waals surface area contributed by atoms with Gasteiger partial charge >= 0.3 is 64.5 Å². The Morgan fingerprint density at radius 1 is 1.45 bits per heavy atom. The fourth-order valence-electron chi connectivity index (χ4n) is 1.22. The minimum absolute atomic E-state index is 0. The van der Waals surface area contributed by atoms with Gasteiger partial charge in [-0.3, -0.25) is 10.00 Å². The van der Waals surface area contributed by atoms with Crippen molar-refractivity contribution >= 4 is 18.8 Å². The molecule has 0 aliphatic carbocycles. The van der Waals surface area contributed by atoms with Crippen LogP contribution in [0, 0.1) is 0 Å². The first-order valence-electron chi connectivity index (χ1n) is 5.73. The zero-order valence-electron chi connectivity index (χ0n) is 12.2. The van der Waals surface area contributed by atoms with Crippen LogP contribution in [0.1, 0.15) is 33.6 Å². The van der Waals surface area contributed by atoms with E-state index in [9.17, 15) is 17.7 Å². The predicted octanol–water partition coefficient (Wildman–Crippen LogP) is 0.182. The van der Waals surface area contributed by atoms with Gasteiger partial charge in [-0.1, -0.05) is 6.92 Å². The van der Waals surface area contributed by atoms with Crippen molar-refractivity contribution in [1.29, 1.82) is 0 Å². The number of carbonyl (C=O) groups excluding carboxylic acids is 1. The monoisotopic (exact) mass is 317 g/mol. The molecule has 0 bridgehead atoms. The van der Waals surface area contributed by atoms with E-state index in [0.717, 1.165) is 24.0 Å². The van der Waals surface area contributed by atoms with Crippen molar-refractivity contribution in [1.82, 2.24) is 9.78 Å². The number of rotatable bonds is 3. The maximum absolute atomic E-state index is 12.5. The van der Waals surface area contributed by atoms with E-state index in [0.29, 0.717) is 0 Å². The summed E-state index contributed by atoms with van der Waals surface area (Å²) in [5.41, 5.74) is -0.524. The summed E-state index contributed by atoms with van der Waals surface area (Å²) in [5, 5.41) is 5.89. The molecule has 1 aromatic rings. The minimum atomic E-state index is -5.03. The average Bonchev–Trinajstić information content (AvgIpc) is 2.60. The summed E-state index contributed by atoms with van der Waals surface area (Å²) in [4.78, 5) is 11.4. The quantitative estimate of drug-likeness (QED) is 0.810. The molecule has 0 aromatic carbocycles. The Balaban J connectivity index is 0.00000361. The molecule has 20 heavy (non-hydrogen) atoms. The third kappa shape index (κ3) is 6.62. The van der Waals surface area contributed by atoms with Crippen LogP contribution in [0.5, 0.6) is 0 Å². The third-order valence-corrected chi connectivity index (χ3v) is 2.21. The SMILES string of the molecule is CC(n1cc(NC(=O)OC(C)(C)C)cn1)[B-](F)(F)F.[K+]. The van der Waals surface area contributed by atoms with Gasteiger partial charge in [0, 0.05) is 12.1 Å². The van der Waals surface area contributed by atoms with Crippen molar-refractivity contribution in [2.75, 3.05) is 5.32 Å². The molecule has 0 saturated heterocycles. The topological polar surface area (TPSA) is 56.2 Å². The molecule has 1 atom stereocenters. The Hall–Kier alpha value is -0.0287. The molecular formula is C10H16BF3KN3O2. The smallest absolute Gasteiger partial charge is 0.448 e. The Kier molecular flexibility index (Phi) is 7.29. The van der Waals surface area contributed by atoms with Gasteiger partial charge in [0.1, 0.15) is 5.60 Å². The zero-order chi connectivity index (χ0) is 14.8. The molecule has 0 fully saturated rings. The summed E-state index contributed by atoms with van der Waals surface area (Å²) < 4.78 is 43.3. The van der Waals surface area contributed by atoms with Crippen LogP contribution in [0.4, 0.5) is 23.4 Å². The number of anilines is 1. The number of amides is 1. The molecule has 1 rings (SSSR count). The van der Waals surface area contributed by atoms with Gasteiger partial charge in [0.2, 0.25) is 0 Å². The number of nitrogens with zero attached hydrogens (tertiary/aromatic N) is 2. The van der Waals surface area contributed by atoms with Crippen LogP contribution >= 0.6 is 0 Å². The van der Waals surface area contributed by atoms with Crippen molar-refractivity contribution in [2.45, 2.75) is 39.2 Å². The Morgan fingerprint density at radius 3 is 2.45 bits per heavy atom. The van der Waals surface area contributed by atoms with Gasteiger partial charge in [0.05, 0.1) is 11.9 Å². The second-order valence-electron chi connectivity index (χ2n) is 5.20. The van der Waals surface area contributed by atoms with E-state index < -0.39 is 24.6 Å². The van der Waals surface area contributed by atoms with E-state index in [1.165, 1.54) is 0 Å². The predicted molar refractivity (Wildman–Crippen MR) is 65.9 cm³/mol. The van der Waals surface area contributed by atoms with Crippen LogP contribution in [-0.2, 0) is 4.74 Å². The fraction of sp³-hybridized carbons (Fsp3) is 0.600. The molecule has 108 valence electrons. The largest absolute Gasteiger partial charge is 1.00 e. The van der Waals surface area contributed by atoms with E-state index in [4.69, 9.17) is 4.74 Å². The molecule has 0 spiro atoms.